The van der Waals surface area contributed by atoms with Gasteiger partial charge in [0.15, 0.2) is 11.5 Å². The van der Waals surface area contributed by atoms with Crippen molar-refractivity contribution in [3.8, 4) is 11.5 Å². The molecule has 0 atom stereocenters. The summed E-state index contributed by atoms with van der Waals surface area (Å²) in [7, 11) is 0. The minimum atomic E-state index is -0.289. The number of aliphatic imine (C=N–C) groups is 1. The first-order chi connectivity index (χ1) is 12.0. The van der Waals surface area contributed by atoms with E-state index >= 15 is 0 Å². The summed E-state index contributed by atoms with van der Waals surface area (Å²) in [5.41, 5.74) is 2.73. The number of ether oxygens (including phenoxy) is 1. The first kappa shape index (κ1) is 17.6. The normalized spacial score (nSPS) is 15.6. The number of aryl methyl sites for hydroxylation is 1. The Bertz CT molecular complexity index is 888. The van der Waals surface area contributed by atoms with Gasteiger partial charge in [-0.2, -0.15) is 0 Å². The number of halogens is 1. The van der Waals surface area contributed by atoms with Gasteiger partial charge in [0.1, 0.15) is 5.04 Å². The molecule has 1 amide bonds. The number of rotatable bonds is 4. The summed E-state index contributed by atoms with van der Waals surface area (Å²) in [6, 6.07) is 11.1. The van der Waals surface area contributed by atoms with Crippen molar-refractivity contribution >= 4 is 40.4 Å². The summed E-state index contributed by atoms with van der Waals surface area (Å²) in [5.74, 6) is -0.104. The third kappa shape index (κ3) is 3.89. The predicted molar refractivity (Wildman–Crippen MR) is 103 cm³/mol. The Hall–Kier alpha value is -2.24. The summed E-state index contributed by atoms with van der Waals surface area (Å²) >= 11 is 7.35. The summed E-state index contributed by atoms with van der Waals surface area (Å²) in [4.78, 5) is 16.8. The largest absolute Gasteiger partial charge is 0.503 e. The van der Waals surface area contributed by atoms with Gasteiger partial charge in [0.25, 0.3) is 5.91 Å². The maximum absolute atomic E-state index is 12.2. The molecule has 2 aromatic rings. The lowest BCUT2D eigenvalue weighted by atomic mass is 10.2. The molecule has 3 rings (SSSR count). The van der Waals surface area contributed by atoms with Crippen LogP contribution in [-0.4, -0.2) is 22.7 Å². The second-order valence-electron chi connectivity index (χ2n) is 5.48. The number of amides is 1. The van der Waals surface area contributed by atoms with E-state index in [2.05, 4.69) is 4.99 Å². The number of carbonyl (C=O) groups excluding carboxylic acids is 1. The number of nitrogens with zero attached hydrogens (tertiary/aromatic N) is 1. The number of aromatic hydroxyl groups is 1. The maximum atomic E-state index is 12.2. The highest BCUT2D eigenvalue weighted by Crippen LogP contribution is 2.38. The monoisotopic (exact) mass is 373 g/mol. The van der Waals surface area contributed by atoms with Crippen LogP contribution in [0.2, 0.25) is 5.02 Å². The Morgan fingerprint density at radius 3 is 2.68 bits per heavy atom. The van der Waals surface area contributed by atoms with Crippen molar-refractivity contribution in [2.24, 2.45) is 4.99 Å². The quantitative estimate of drug-likeness (QED) is 0.781. The van der Waals surface area contributed by atoms with E-state index in [9.17, 15) is 9.90 Å². The molecule has 0 fully saturated rings. The van der Waals surface area contributed by atoms with Crippen LogP contribution in [0.1, 0.15) is 23.6 Å². The van der Waals surface area contributed by atoms with Crippen molar-refractivity contribution in [1.82, 2.24) is 0 Å². The van der Waals surface area contributed by atoms with Gasteiger partial charge < -0.3 is 9.84 Å². The zero-order valence-electron chi connectivity index (χ0n) is 13.7. The topological polar surface area (TPSA) is 58.9 Å². The molecule has 2 aromatic carbocycles. The van der Waals surface area contributed by atoms with Crippen molar-refractivity contribution in [1.29, 1.82) is 0 Å². The lowest BCUT2D eigenvalue weighted by Gasteiger charge is -2.08. The fourth-order valence-electron chi connectivity index (χ4n) is 2.32. The van der Waals surface area contributed by atoms with E-state index in [1.807, 2.05) is 38.1 Å². The van der Waals surface area contributed by atoms with E-state index in [0.29, 0.717) is 22.1 Å². The summed E-state index contributed by atoms with van der Waals surface area (Å²) < 4.78 is 5.37. The van der Waals surface area contributed by atoms with Gasteiger partial charge in [-0.1, -0.05) is 53.2 Å². The third-order valence-electron chi connectivity index (χ3n) is 3.57. The smallest absolute Gasteiger partial charge is 0.284 e. The van der Waals surface area contributed by atoms with Crippen LogP contribution in [0.5, 0.6) is 11.5 Å². The fraction of sp³-hybridized carbons (Fsp3) is 0.158. The van der Waals surface area contributed by atoms with E-state index in [1.165, 1.54) is 11.8 Å². The Kier molecular flexibility index (Phi) is 5.16. The van der Waals surface area contributed by atoms with Gasteiger partial charge >= 0.3 is 0 Å². The van der Waals surface area contributed by atoms with Gasteiger partial charge in [-0.15, -0.1) is 0 Å². The molecule has 0 spiro atoms. The molecular formula is C19H16ClNO3S. The Labute approximate surface area is 155 Å². The number of thioether (sulfide) groups is 1. The van der Waals surface area contributed by atoms with Gasteiger partial charge in [-0.3, -0.25) is 4.79 Å². The Morgan fingerprint density at radius 2 is 2.00 bits per heavy atom. The molecule has 0 aromatic heterocycles. The highest BCUT2D eigenvalue weighted by molar-refractivity contribution is 8.19. The molecule has 6 heteroatoms. The summed E-state index contributed by atoms with van der Waals surface area (Å²) in [6.45, 7) is 4.23. The molecule has 1 aliphatic rings. The number of benzene rings is 2. The molecule has 0 bridgehead atoms. The van der Waals surface area contributed by atoms with Crippen molar-refractivity contribution in [2.75, 3.05) is 6.61 Å². The van der Waals surface area contributed by atoms with Gasteiger partial charge in [-0.05, 0) is 37.6 Å². The Balaban J connectivity index is 1.88. The van der Waals surface area contributed by atoms with Crippen molar-refractivity contribution < 1.29 is 14.6 Å². The van der Waals surface area contributed by atoms with Crippen molar-refractivity contribution in [2.45, 2.75) is 13.8 Å². The third-order valence-corrected chi connectivity index (χ3v) is 4.89. The molecule has 4 nitrogen and oxygen atoms in total. The minimum Gasteiger partial charge on any atom is -0.503 e. The molecule has 0 saturated heterocycles. The molecule has 1 N–H and O–H groups in total. The summed E-state index contributed by atoms with van der Waals surface area (Å²) in [6.07, 6.45) is 1.70. The van der Waals surface area contributed by atoms with Crippen molar-refractivity contribution in [3.63, 3.8) is 0 Å². The highest BCUT2D eigenvalue weighted by Gasteiger charge is 2.23. The predicted octanol–water partition coefficient (Wildman–Crippen LogP) is 4.81. The van der Waals surface area contributed by atoms with Crippen LogP contribution in [-0.2, 0) is 4.79 Å². The average Bonchev–Trinajstić information content (AvgIpc) is 2.94. The van der Waals surface area contributed by atoms with Gasteiger partial charge in [0, 0.05) is 5.56 Å². The molecular weight excluding hydrogens is 358 g/mol. The van der Waals surface area contributed by atoms with Crippen LogP contribution in [0.4, 0.5) is 0 Å². The number of carbonyl (C=O) groups is 1. The molecule has 0 aliphatic carbocycles. The lowest BCUT2D eigenvalue weighted by Crippen LogP contribution is -1.93. The van der Waals surface area contributed by atoms with Crippen LogP contribution in [0.3, 0.4) is 0 Å². The minimum absolute atomic E-state index is 0.104. The van der Waals surface area contributed by atoms with Gasteiger partial charge in [0.2, 0.25) is 0 Å². The lowest BCUT2D eigenvalue weighted by molar-refractivity contribution is -0.113. The zero-order valence-corrected chi connectivity index (χ0v) is 15.3. The molecule has 0 radical (unpaired) electrons. The number of hydrogen-bond donors (Lipinski definition) is 1. The average molecular weight is 374 g/mol. The van der Waals surface area contributed by atoms with E-state index in [4.69, 9.17) is 16.3 Å². The van der Waals surface area contributed by atoms with Crippen LogP contribution in [0.25, 0.3) is 6.08 Å². The zero-order chi connectivity index (χ0) is 18.0. The molecule has 1 aliphatic heterocycles. The van der Waals surface area contributed by atoms with Crippen LogP contribution in [0.15, 0.2) is 46.3 Å². The van der Waals surface area contributed by atoms with Crippen LogP contribution in [0, 0.1) is 6.92 Å². The highest BCUT2D eigenvalue weighted by atomic mass is 35.5. The Morgan fingerprint density at radius 1 is 1.28 bits per heavy atom. The van der Waals surface area contributed by atoms with Crippen LogP contribution >= 0.6 is 23.4 Å². The van der Waals surface area contributed by atoms with E-state index in [-0.39, 0.29) is 22.4 Å². The summed E-state index contributed by atoms with van der Waals surface area (Å²) in [5, 5.41) is 10.8. The second kappa shape index (κ2) is 7.33. The number of phenols is 1. The maximum Gasteiger partial charge on any atom is 0.284 e. The SMILES string of the molecule is CCOc1cc(/C=C2\SC(c3ccc(C)cc3)=NC2=O)cc(Cl)c1O. The fourth-order valence-corrected chi connectivity index (χ4v) is 3.46. The first-order valence-electron chi connectivity index (χ1n) is 7.73. The van der Waals surface area contributed by atoms with Crippen LogP contribution < -0.4 is 4.74 Å². The van der Waals surface area contributed by atoms with E-state index < -0.39 is 0 Å². The number of phenolic OH excluding ortho intramolecular Hbond substituents is 1. The van der Waals surface area contributed by atoms with Gasteiger partial charge in [-0.25, -0.2) is 4.99 Å². The molecule has 0 saturated carbocycles. The molecule has 0 unspecified atom stereocenters. The number of hydrogen-bond acceptors (Lipinski definition) is 4. The van der Waals surface area contributed by atoms with E-state index in [0.717, 1.165) is 11.1 Å². The second-order valence-corrected chi connectivity index (χ2v) is 6.92. The van der Waals surface area contributed by atoms with E-state index in [1.54, 1.807) is 18.2 Å². The first-order valence-corrected chi connectivity index (χ1v) is 8.92. The van der Waals surface area contributed by atoms with Crippen molar-refractivity contribution in [3.05, 3.63) is 63.0 Å². The van der Waals surface area contributed by atoms with Gasteiger partial charge in [0.05, 0.1) is 16.5 Å². The molecule has 1 heterocycles. The molecule has 25 heavy (non-hydrogen) atoms. The molecule has 128 valence electrons. The standard InChI is InChI=1S/C19H16ClNO3S/c1-3-24-15-9-12(8-14(20)17(15)22)10-16-18(23)21-19(25-16)13-6-4-11(2)5-7-13/h4-10,22H,3H2,1-2H3/b16-10-.